The summed E-state index contributed by atoms with van der Waals surface area (Å²) in [7, 11) is 1.78. The molecule has 1 aliphatic rings. The molecule has 0 unspecified atom stereocenters. The normalized spacial score (nSPS) is 12.7. The van der Waals surface area contributed by atoms with Crippen molar-refractivity contribution in [3.05, 3.63) is 59.3 Å². The number of aliphatic imine (C=N–C) groups is 1. The molecule has 3 N–H and O–H groups in total. The summed E-state index contributed by atoms with van der Waals surface area (Å²) in [5, 5.41) is 8.05. The Morgan fingerprint density at radius 2 is 2.00 bits per heavy atom. The van der Waals surface area contributed by atoms with Crippen molar-refractivity contribution >= 4 is 40.8 Å². The van der Waals surface area contributed by atoms with E-state index in [-0.39, 0.29) is 24.0 Å². The number of guanidine groups is 1. The minimum atomic E-state index is 0. The first kappa shape index (κ1) is 20.3. The van der Waals surface area contributed by atoms with E-state index >= 15 is 0 Å². The molecule has 6 nitrogen and oxygen atoms in total. The van der Waals surface area contributed by atoms with E-state index in [0.717, 1.165) is 36.0 Å². The van der Waals surface area contributed by atoms with E-state index in [2.05, 4.69) is 51.9 Å². The molecular weight excluding hydrogens is 467 g/mol. The van der Waals surface area contributed by atoms with Crippen molar-refractivity contribution in [3.63, 3.8) is 0 Å². The van der Waals surface area contributed by atoms with Gasteiger partial charge in [-0.05, 0) is 48.2 Å². The molecule has 2 heterocycles. The number of aromatic amines is 1. The van der Waals surface area contributed by atoms with Crippen LogP contribution >= 0.6 is 24.0 Å². The number of halogens is 1. The maximum Gasteiger partial charge on any atom is 0.231 e. The lowest BCUT2D eigenvalue weighted by atomic mass is 10.1. The summed E-state index contributed by atoms with van der Waals surface area (Å²) in [5.74, 6) is 2.38. The SMILES string of the molecule is CN=C(NCCc1c[nH]c2cccc(C)c12)NCc1ccc2c(c1)OCO2.I. The number of fused-ring (bicyclic) bond motifs is 2. The second-order valence-corrected chi connectivity index (χ2v) is 6.60. The second-order valence-electron chi connectivity index (χ2n) is 6.60. The first-order chi connectivity index (χ1) is 13.2. The molecule has 148 valence electrons. The number of aromatic nitrogens is 1. The van der Waals surface area contributed by atoms with Gasteiger partial charge in [0, 0.05) is 37.2 Å². The van der Waals surface area contributed by atoms with E-state index in [1.165, 1.54) is 22.0 Å². The zero-order valence-corrected chi connectivity index (χ0v) is 18.4. The first-order valence-electron chi connectivity index (χ1n) is 9.13. The van der Waals surface area contributed by atoms with E-state index in [9.17, 15) is 0 Å². The highest BCUT2D eigenvalue weighted by molar-refractivity contribution is 14.0. The van der Waals surface area contributed by atoms with E-state index in [0.29, 0.717) is 13.3 Å². The third-order valence-corrected chi connectivity index (χ3v) is 4.80. The largest absolute Gasteiger partial charge is 0.454 e. The summed E-state index contributed by atoms with van der Waals surface area (Å²) in [4.78, 5) is 7.66. The fourth-order valence-corrected chi connectivity index (χ4v) is 3.42. The van der Waals surface area contributed by atoms with Gasteiger partial charge in [0.05, 0.1) is 0 Å². The average Bonchev–Trinajstić information content (AvgIpc) is 3.31. The van der Waals surface area contributed by atoms with Gasteiger partial charge in [-0.3, -0.25) is 4.99 Å². The van der Waals surface area contributed by atoms with Crippen LogP contribution in [0.15, 0.2) is 47.6 Å². The molecule has 3 aromatic rings. The van der Waals surface area contributed by atoms with Crippen molar-refractivity contribution in [1.29, 1.82) is 0 Å². The summed E-state index contributed by atoms with van der Waals surface area (Å²) in [6, 6.07) is 12.3. The van der Waals surface area contributed by atoms with Gasteiger partial charge < -0.3 is 25.1 Å². The number of benzene rings is 2. The molecule has 2 aromatic carbocycles. The third kappa shape index (κ3) is 4.35. The molecule has 4 rings (SSSR count). The molecule has 0 atom stereocenters. The quantitative estimate of drug-likeness (QED) is 0.289. The highest BCUT2D eigenvalue weighted by Gasteiger charge is 2.13. The summed E-state index contributed by atoms with van der Waals surface area (Å²) in [6.45, 7) is 3.92. The summed E-state index contributed by atoms with van der Waals surface area (Å²) in [6.07, 6.45) is 3.03. The monoisotopic (exact) mass is 492 g/mol. The molecule has 0 aliphatic carbocycles. The number of ether oxygens (including phenoxy) is 2. The molecule has 1 aliphatic heterocycles. The van der Waals surface area contributed by atoms with Crippen LogP contribution in [0.3, 0.4) is 0 Å². The highest BCUT2D eigenvalue weighted by Crippen LogP contribution is 2.32. The van der Waals surface area contributed by atoms with Crippen molar-refractivity contribution in [1.82, 2.24) is 15.6 Å². The number of aryl methyl sites for hydroxylation is 1. The molecule has 7 heteroatoms. The zero-order chi connectivity index (χ0) is 18.6. The van der Waals surface area contributed by atoms with Gasteiger partial charge in [-0.2, -0.15) is 0 Å². The Kier molecular flexibility index (Phi) is 6.66. The van der Waals surface area contributed by atoms with Crippen molar-refractivity contribution in [2.75, 3.05) is 20.4 Å². The van der Waals surface area contributed by atoms with Gasteiger partial charge in [0.15, 0.2) is 17.5 Å². The van der Waals surface area contributed by atoms with Crippen LogP contribution in [0, 0.1) is 6.92 Å². The van der Waals surface area contributed by atoms with Crippen molar-refractivity contribution in [2.24, 2.45) is 4.99 Å². The summed E-state index contributed by atoms with van der Waals surface area (Å²) < 4.78 is 10.8. The van der Waals surface area contributed by atoms with Crippen LogP contribution in [0.5, 0.6) is 11.5 Å². The van der Waals surface area contributed by atoms with Crippen LogP contribution < -0.4 is 20.1 Å². The van der Waals surface area contributed by atoms with Crippen LogP contribution in [0.4, 0.5) is 0 Å². The van der Waals surface area contributed by atoms with Crippen LogP contribution in [0.2, 0.25) is 0 Å². The Morgan fingerprint density at radius 3 is 2.86 bits per heavy atom. The number of hydrogen-bond acceptors (Lipinski definition) is 3. The fourth-order valence-electron chi connectivity index (χ4n) is 3.42. The Labute approximate surface area is 181 Å². The van der Waals surface area contributed by atoms with E-state index in [1.807, 2.05) is 18.2 Å². The van der Waals surface area contributed by atoms with Gasteiger partial charge in [-0.15, -0.1) is 24.0 Å². The molecule has 0 radical (unpaired) electrons. The number of nitrogens with zero attached hydrogens (tertiary/aromatic N) is 1. The maximum atomic E-state index is 5.42. The van der Waals surface area contributed by atoms with Gasteiger partial charge in [0.25, 0.3) is 0 Å². The van der Waals surface area contributed by atoms with Gasteiger partial charge in [0.2, 0.25) is 6.79 Å². The van der Waals surface area contributed by atoms with Crippen LogP contribution in [-0.2, 0) is 13.0 Å². The Hall–Kier alpha value is -2.42. The molecule has 0 bridgehead atoms. The minimum Gasteiger partial charge on any atom is -0.454 e. The van der Waals surface area contributed by atoms with Crippen LogP contribution in [0.1, 0.15) is 16.7 Å². The number of rotatable bonds is 5. The third-order valence-electron chi connectivity index (χ3n) is 4.80. The fraction of sp³-hybridized carbons (Fsp3) is 0.286. The summed E-state index contributed by atoms with van der Waals surface area (Å²) in [5.41, 5.74) is 4.93. The molecule has 0 saturated heterocycles. The lowest BCUT2D eigenvalue weighted by Crippen LogP contribution is -2.37. The topological polar surface area (TPSA) is 70.7 Å². The summed E-state index contributed by atoms with van der Waals surface area (Å²) >= 11 is 0. The Morgan fingerprint density at radius 1 is 1.14 bits per heavy atom. The zero-order valence-electron chi connectivity index (χ0n) is 16.0. The van der Waals surface area contributed by atoms with E-state index < -0.39 is 0 Å². The molecule has 0 amide bonds. The predicted octanol–water partition coefficient (Wildman–Crippen LogP) is 3.73. The van der Waals surface area contributed by atoms with Crippen molar-refractivity contribution in [2.45, 2.75) is 19.9 Å². The second kappa shape index (κ2) is 9.18. The van der Waals surface area contributed by atoms with Crippen molar-refractivity contribution in [3.8, 4) is 11.5 Å². The van der Waals surface area contributed by atoms with Crippen LogP contribution in [0.25, 0.3) is 10.9 Å². The molecule has 0 saturated carbocycles. The van der Waals surface area contributed by atoms with Crippen molar-refractivity contribution < 1.29 is 9.47 Å². The number of H-pyrrole nitrogens is 1. The lowest BCUT2D eigenvalue weighted by Gasteiger charge is -2.12. The first-order valence-corrected chi connectivity index (χ1v) is 9.13. The predicted molar refractivity (Wildman–Crippen MR) is 123 cm³/mol. The molecular formula is C21H25IN4O2. The number of hydrogen-bond donors (Lipinski definition) is 3. The molecule has 28 heavy (non-hydrogen) atoms. The van der Waals surface area contributed by atoms with Gasteiger partial charge in [0.1, 0.15) is 0 Å². The smallest absolute Gasteiger partial charge is 0.231 e. The number of nitrogens with one attached hydrogen (secondary N) is 3. The van der Waals surface area contributed by atoms with Gasteiger partial charge in [-0.25, -0.2) is 0 Å². The van der Waals surface area contributed by atoms with Gasteiger partial charge >= 0.3 is 0 Å². The maximum absolute atomic E-state index is 5.42. The van der Waals surface area contributed by atoms with E-state index in [1.54, 1.807) is 7.05 Å². The highest BCUT2D eigenvalue weighted by atomic mass is 127. The minimum absolute atomic E-state index is 0. The average molecular weight is 492 g/mol. The molecule has 0 spiro atoms. The van der Waals surface area contributed by atoms with Crippen LogP contribution in [-0.4, -0.2) is 31.3 Å². The van der Waals surface area contributed by atoms with Gasteiger partial charge in [-0.1, -0.05) is 18.2 Å². The Bertz CT molecular complexity index is 984. The standard InChI is InChI=1S/C21H24N4O2.HI/c1-14-4-3-5-17-20(14)16(12-24-17)8-9-23-21(22-2)25-11-15-6-7-18-19(10-15)27-13-26-18;/h3-7,10,12,24H,8-9,11,13H2,1-2H3,(H2,22,23,25);1H. The molecule has 0 fully saturated rings. The molecule has 1 aromatic heterocycles. The van der Waals surface area contributed by atoms with E-state index in [4.69, 9.17) is 9.47 Å². The lowest BCUT2D eigenvalue weighted by molar-refractivity contribution is 0.174. The Balaban J connectivity index is 0.00000225.